The highest BCUT2D eigenvalue weighted by Crippen LogP contribution is 2.25. The van der Waals surface area contributed by atoms with Crippen LogP contribution in [0, 0.1) is 0 Å². The van der Waals surface area contributed by atoms with Crippen LogP contribution in [0.3, 0.4) is 0 Å². The molecule has 1 heterocycles. The van der Waals surface area contributed by atoms with Crippen molar-refractivity contribution in [3.05, 3.63) is 29.8 Å². The first-order valence-corrected chi connectivity index (χ1v) is 6.29. The Kier molecular flexibility index (Phi) is 4.55. The van der Waals surface area contributed by atoms with Gasteiger partial charge in [0.1, 0.15) is 0 Å². The Labute approximate surface area is 107 Å². The highest BCUT2D eigenvalue weighted by atomic mass is 16.7. The molecule has 5 heteroatoms. The van der Waals surface area contributed by atoms with Crippen molar-refractivity contribution in [2.45, 2.75) is 25.7 Å². The molecule has 0 amide bonds. The van der Waals surface area contributed by atoms with Crippen molar-refractivity contribution < 1.29 is 9.63 Å². The van der Waals surface area contributed by atoms with Gasteiger partial charge in [-0.25, -0.2) is 5.84 Å². The van der Waals surface area contributed by atoms with Gasteiger partial charge in [-0.2, -0.15) is 0 Å². The minimum Gasteiger partial charge on any atom is -0.371 e. The first kappa shape index (κ1) is 12.9. The average Bonchev–Trinajstić information content (AvgIpc) is 2.59. The van der Waals surface area contributed by atoms with Crippen LogP contribution in [-0.4, -0.2) is 19.1 Å². The van der Waals surface area contributed by atoms with E-state index in [0.717, 1.165) is 19.4 Å². The van der Waals surface area contributed by atoms with Crippen molar-refractivity contribution in [1.29, 1.82) is 0 Å². The van der Waals surface area contributed by atoms with E-state index in [-0.39, 0.29) is 5.97 Å². The van der Waals surface area contributed by atoms with Gasteiger partial charge in [0.15, 0.2) is 0 Å². The van der Waals surface area contributed by atoms with Crippen molar-refractivity contribution in [3.63, 3.8) is 0 Å². The van der Waals surface area contributed by atoms with Crippen molar-refractivity contribution in [2.75, 3.05) is 18.0 Å². The van der Waals surface area contributed by atoms with Gasteiger partial charge < -0.3 is 9.74 Å². The van der Waals surface area contributed by atoms with Crippen LogP contribution in [0.4, 0.5) is 5.69 Å². The number of nitrogens with two attached hydrogens (primary N) is 1. The third-order valence-corrected chi connectivity index (χ3v) is 3.22. The lowest BCUT2D eigenvalue weighted by Crippen LogP contribution is -2.31. The molecule has 0 radical (unpaired) electrons. The highest BCUT2D eigenvalue weighted by Gasteiger charge is 2.15. The highest BCUT2D eigenvalue weighted by molar-refractivity contribution is 5.70. The standard InChI is InChI=1S/C13H19N3O2/c14-15-18-13(17)8-10-16-9-4-3-6-11-5-1-2-7-12(11)16/h1-2,5,7,15H,3-4,6,8-10,14H2. The molecule has 0 bridgehead atoms. The lowest BCUT2D eigenvalue weighted by Gasteiger charge is -2.24. The molecule has 1 aromatic carbocycles. The third kappa shape index (κ3) is 3.21. The molecule has 0 aromatic heterocycles. The predicted octanol–water partition coefficient (Wildman–Crippen LogP) is 1.14. The van der Waals surface area contributed by atoms with E-state index in [0.29, 0.717) is 13.0 Å². The quantitative estimate of drug-likeness (QED) is 0.618. The molecule has 1 aliphatic rings. The monoisotopic (exact) mass is 249 g/mol. The van der Waals surface area contributed by atoms with E-state index in [1.54, 1.807) is 0 Å². The van der Waals surface area contributed by atoms with Gasteiger partial charge in [-0.1, -0.05) is 23.8 Å². The Balaban J connectivity index is 2.02. The van der Waals surface area contributed by atoms with Crippen molar-refractivity contribution in [2.24, 2.45) is 5.84 Å². The van der Waals surface area contributed by atoms with Crippen molar-refractivity contribution in [1.82, 2.24) is 5.59 Å². The number of para-hydroxylation sites is 1. The summed E-state index contributed by atoms with van der Waals surface area (Å²) >= 11 is 0. The minimum atomic E-state index is -0.334. The van der Waals surface area contributed by atoms with Crippen LogP contribution < -0.4 is 16.3 Å². The van der Waals surface area contributed by atoms with Gasteiger partial charge in [0.05, 0.1) is 6.42 Å². The van der Waals surface area contributed by atoms with Gasteiger partial charge in [-0.15, -0.1) is 0 Å². The summed E-state index contributed by atoms with van der Waals surface area (Å²) < 4.78 is 0. The maximum Gasteiger partial charge on any atom is 0.328 e. The maximum absolute atomic E-state index is 11.3. The van der Waals surface area contributed by atoms with Crippen LogP contribution in [0.25, 0.3) is 0 Å². The zero-order valence-electron chi connectivity index (χ0n) is 10.4. The number of nitrogens with one attached hydrogen (secondary N) is 1. The first-order valence-electron chi connectivity index (χ1n) is 6.29. The lowest BCUT2D eigenvalue weighted by molar-refractivity contribution is -0.151. The molecule has 3 N–H and O–H groups in total. The van der Waals surface area contributed by atoms with E-state index >= 15 is 0 Å². The lowest BCUT2D eigenvalue weighted by atomic mass is 10.1. The summed E-state index contributed by atoms with van der Waals surface area (Å²) in [6, 6.07) is 8.38. The second-order valence-electron chi connectivity index (χ2n) is 4.41. The molecule has 0 atom stereocenters. The minimum absolute atomic E-state index is 0.332. The summed E-state index contributed by atoms with van der Waals surface area (Å²) in [7, 11) is 0. The summed E-state index contributed by atoms with van der Waals surface area (Å²) in [5.41, 5.74) is 4.52. The summed E-state index contributed by atoms with van der Waals surface area (Å²) in [6.45, 7) is 1.65. The van der Waals surface area contributed by atoms with E-state index in [9.17, 15) is 4.79 Å². The fourth-order valence-electron chi connectivity index (χ4n) is 2.34. The summed E-state index contributed by atoms with van der Waals surface area (Å²) in [4.78, 5) is 18.1. The predicted molar refractivity (Wildman–Crippen MR) is 69.6 cm³/mol. The average molecular weight is 249 g/mol. The number of rotatable bonds is 4. The molecule has 2 rings (SSSR count). The Morgan fingerprint density at radius 2 is 2.22 bits per heavy atom. The fourth-order valence-corrected chi connectivity index (χ4v) is 2.34. The SMILES string of the molecule is NNOC(=O)CCN1CCCCc2ccccc21. The Morgan fingerprint density at radius 1 is 1.39 bits per heavy atom. The molecule has 1 aliphatic heterocycles. The largest absolute Gasteiger partial charge is 0.371 e. The molecule has 0 fully saturated rings. The van der Waals surface area contributed by atoms with Crippen LogP contribution >= 0.6 is 0 Å². The molecular formula is C13H19N3O2. The van der Waals surface area contributed by atoms with Gasteiger partial charge in [0, 0.05) is 18.8 Å². The Morgan fingerprint density at radius 3 is 3.06 bits per heavy atom. The number of hydrogen-bond donors (Lipinski definition) is 2. The van der Waals surface area contributed by atoms with Crippen molar-refractivity contribution in [3.8, 4) is 0 Å². The van der Waals surface area contributed by atoms with Gasteiger partial charge in [-0.05, 0) is 30.9 Å². The smallest absolute Gasteiger partial charge is 0.328 e. The molecule has 1 aromatic rings. The fraction of sp³-hybridized carbons (Fsp3) is 0.462. The molecule has 0 aliphatic carbocycles. The number of carbonyl (C=O) groups is 1. The number of fused-ring (bicyclic) bond motifs is 1. The van der Waals surface area contributed by atoms with Crippen LogP contribution in [0.5, 0.6) is 0 Å². The summed E-state index contributed by atoms with van der Waals surface area (Å²) in [6.07, 6.45) is 3.79. The van der Waals surface area contributed by atoms with Gasteiger partial charge in [0.25, 0.3) is 0 Å². The number of benzene rings is 1. The van der Waals surface area contributed by atoms with Gasteiger partial charge in [-0.3, -0.25) is 4.79 Å². The third-order valence-electron chi connectivity index (χ3n) is 3.22. The van der Waals surface area contributed by atoms with E-state index in [1.165, 1.54) is 17.7 Å². The number of aryl methyl sites for hydroxylation is 1. The van der Waals surface area contributed by atoms with Crippen molar-refractivity contribution >= 4 is 11.7 Å². The molecule has 0 unspecified atom stereocenters. The van der Waals surface area contributed by atoms with E-state index < -0.39 is 0 Å². The topological polar surface area (TPSA) is 67.6 Å². The number of hydrazine groups is 1. The second-order valence-corrected chi connectivity index (χ2v) is 4.41. The van der Waals surface area contributed by atoms with Gasteiger partial charge >= 0.3 is 5.97 Å². The Hall–Kier alpha value is -1.59. The number of hydrogen-bond acceptors (Lipinski definition) is 5. The zero-order valence-corrected chi connectivity index (χ0v) is 10.4. The zero-order chi connectivity index (χ0) is 12.8. The normalized spacial score (nSPS) is 14.8. The number of nitrogens with zero attached hydrogens (tertiary/aromatic N) is 1. The Bertz CT molecular complexity index is 409. The molecule has 0 spiro atoms. The van der Waals surface area contributed by atoms with E-state index in [4.69, 9.17) is 5.84 Å². The summed E-state index contributed by atoms with van der Waals surface area (Å²) in [5, 5.41) is 0. The molecule has 0 saturated heterocycles. The maximum atomic E-state index is 11.3. The van der Waals surface area contributed by atoms with Crippen LogP contribution in [0.15, 0.2) is 24.3 Å². The van der Waals surface area contributed by atoms with Crippen LogP contribution in [0.2, 0.25) is 0 Å². The molecule has 18 heavy (non-hydrogen) atoms. The number of carbonyl (C=O) groups excluding carboxylic acids is 1. The van der Waals surface area contributed by atoms with Crippen LogP contribution in [-0.2, 0) is 16.1 Å². The first-order chi connectivity index (χ1) is 8.81. The number of anilines is 1. The molecule has 0 saturated carbocycles. The molecule has 5 nitrogen and oxygen atoms in total. The molecule has 98 valence electrons. The van der Waals surface area contributed by atoms with E-state index in [1.807, 2.05) is 11.7 Å². The molecular weight excluding hydrogens is 230 g/mol. The van der Waals surface area contributed by atoms with Gasteiger partial charge in [0.2, 0.25) is 0 Å². The summed E-state index contributed by atoms with van der Waals surface area (Å²) in [5.74, 6) is 4.60. The second kappa shape index (κ2) is 6.37. The van der Waals surface area contributed by atoms with Crippen LogP contribution in [0.1, 0.15) is 24.8 Å². The van der Waals surface area contributed by atoms with E-state index in [2.05, 4.69) is 27.9 Å².